The minimum absolute atomic E-state index is 0.0109. The number of rotatable bonds is 5. The van der Waals surface area contributed by atoms with Crippen LogP contribution in [0.2, 0.25) is 0 Å². The third-order valence-electron chi connectivity index (χ3n) is 4.36. The highest BCUT2D eigenvalue weighted by Gasteiger charge is 2.28. The first-order valence-electron chi connectivity index (χ1n) is 8.76. The summed E-state index contributed by atoms with van der Waals surface area (Å²) in [6, 6.07) is 1.75. The van der Waals surface area contributed by atoms with Crippen LogP contribution in [0.4, 0.5) is 11.1 Å². The van der Waals surface area contributed by atoms with Crippen molar-refractivity contribution in [1.82, 2.24) is 29.8 Å². The number of carbonyl (C=O) groups is 1. The summed E-state index contributed by atoms with van der Waals surface area (Å²) in [5, 5.41) is 5.83. The fraction of sp³-hybridized carbons (Fsp3) is 0.278. The van der Waals surface area contributed by atoms with Crippen molar-refractivity contribution < 1.29 is 4.79 Å². The SMILES string of the molecule is O=C(/C=C/c1cnc[nH]1)N1CCCC[C@@H]1c1csc(Nc2ncccn2)n1. The Morgan fingerprint density at radius 1 is 1.33 bits per heavy atom. The lowest BCUT2D eigenvalue weighted by atomic mass is 10.00. The van der Waals surface area contributed by atoms with Crippen molar-refractivity contribution in [3.05, 3.63) is 53.8 Å². The van der Waals surface area contributed by atoms with Crippen LogP contribution < -0.4 is 5.32 Å². The molecule has 2 N–H and O–H groups in total. The van der Waals surface area contributed by atoms with Gasteiger partial charge in [0.05, 0.1) is 30.0 Å². The number of hydrogen-bond acceptors (Lipinski definition) is 7. The molecular formula is C18H19N7OS. The van der Waals surface area contributed by atoms with Crippen LogP contribution in [0.3, 0.4) is 0 Å². The number of hydrogen-bond donors (Lipinski definition) is 2. The molecule has 8 nitrogen and oxygen atoms in total. The van der Waals surface area contributed by atoms with Crippen molar-refractivity contribution in [2.45, 2.75) is 25.3 Å². The molecule has 1 aliphatic rings. The number of anilines is 2. The highest BCUT2D eigenvalue weighted by Crippen LogP contribution is 2.33. The third-order valence-corrected chi connectivity index (χ3v) is 5.13. The molecule has 1 fully saturated rings. The highest BCUT2D eigenvalue weighted by atomic mass is 32.1. The molecule has 0 unspecified atom stereocenters. The van der Waals surface area contributed by atoms with Crippen molar-refractivity contribution in [2.24, 2.45) is 0 Å². The number of aromatic nitrogens is 5. The van der Waals surface area contributed by atoms with E-state index in [0.717, 1.165) is 42.3 Å². The van der Waals surface area contributed by atoms with Gasteiger partial charge in [-0.05, 0) is 31.4 Å². The van der Waals surface area contributed by atoms with Gasteiger partial charge in [-0.3, -0.25) is 4.79 Å². The van der Waals surface area contributed by atoms with E-state index in [2.05, 4.69) is 30.2 Å². The maximum Gasteiger partial charge on any atom is 0.247 e. The molecule has 1 saturated heterocycles. The summed E-state index contributed by atoms with van der Waals surface area (Å²) >= 11 is 1.49. The van der Waals surface area contributed by atoms with E-state index >= 15 is 0 Å². The second-order valence-electron chi connectivity index (χ2n) is 6.16. The first kappa shape index (κ1) is 17.3. The number of nitrogens with zero attached hydrogens (tertiary/aromatic N) is 5. The van der Waals surface area contributed by atoms with Crippen LogP contribution in [0, 0.1) is 0 Å². The maximum absolute atomic E-state index is 12.7. The molecule has 0 radical (unpaired) electrons. The maximum atomic E-state index is 12.7. The molecule has 9 heteroatoms. The second kappa shape index (κ2) is 8.09. The van der Waals surface area contributed by atoms with Crippen LogP contribution >= 0.6 is 11.3 Å². The minimum Gasteiger partial charge on any atom is -0.345 e. The standard InChI is InChI=1S/C18H19N7OS/c26-16(6-5-13-10-19-12-22-13)25-9-2-1-4-15(25)14-11-27-18(23-14)24-17-20-7-3-8-21-17/h3,5-8,10-12,15H,1-2,4,9H2,(H,19,22)(H,20,21,23,24)/b6-5+/t15-/m1/s1. The zero-order chi connectivity index (χ0) is 18.5. The molecule has 1 amide bonds. The van der Waals surface area contributed by atoms with E-state index in [1.807, 2.05) is 10.3 Å². The quantitative estimate of drug-likeness (QED) is 0.659. The Morgan fingerprint density at radius 3 is 3.04 bits per heavy atom. The molecule has 1 aliphatic heterocycles. The van der Waals surface area contributed by atoms with Gasteiger partial charge < -0.3 is 15.2 Å². The number of likely N-dealkylation sites (tertiary alicyclic amines) is 1. The van der Waals surface area contributed by atoms with Crippen molar-refractivity contribution >= 4 is 34.4 Å². The second-order valence-corrected chi connectivity index (χ2v) is 7.02. The zero-order valence-electron chi connectivity index (χ0n) is 14.6. The Balaban J connectivity index is 1.48. The van der Waals surface area contributed by atoms with Gasteiger partial charge in [-0.15, -0.1) is 11.3 Å². The van der Waals surface area contributed by atoms with E-state index in [9.17, 15) is 4.79 Å². The predicted octanol–water partition coefficient (Wildman–Crippen LogP) is 3.17. The van der Waals surface area contributed by atoms with E-state index in [4.69, 9.17) is 0 Å². The molecule has 0 bridgehead atoms. The lowest BCUT2D eigenvalue weighted by Crippen LogP contribution is -2.37. The van der Waals surface area contributed by atoms with Crippen LogP contribution in [-0.2, 0) is 4.79 Å². The van der Waals surface area contributed by atoms with Crippen LogP contribution in [0.15, 0.2) is 42.4 Å². The number of amides is 1. The number of carbonyl (C=O) groups excluding carboxylic acids is 1. The van der Waals surface area contributed by atoms with Gasteiger partial charge in [0.15, 0.2) is 5.13 Å². The molecule has 3 aromatic rings. The lowest BCUT2D eigenvalue weighted by Gasteiger charge is -2.34. The summed E-state index contributed by atoms with van der Waals surface area (Å²) in [5.74, 6) is 0.501. The summed E-state index contributed by atoms with van der Waals surface area (Å²) < 4.78 is 0. The molecule has 138 valence electrons. The molecule has 3 aromatic heterocycles. The van der Waals surface area contributed by atoms with Crippen molar-refractivity contribution in [3.8, 4) is 0 Å². The summed E-state index contributed by atoms with van der Waals surface area (Å²) in [7, 11) is 0. The fourth-order valence-corrected chi connectivity index (χ4v) is 3.82. The Morgan fingerprint density at radius 2 is 2.22 bits per heavy atom. The van der Waals surface area contributed by atoms with E-state index in [-0.39, 0.29) is 11.9 Å². The van der Waals surface area contributed by atoms with Gasteiger partial charge in [-0.2, -0.15) is 0 Å². The van der Waals surface area contributed by atoms with Crippen LogP contribution in [0.1, 0.15) is 36.7 Å². The third kappa shape index (κ3) is 4.20. The van der Waals surface area contributed by atoms with Crippen LogP contribution in [-0.4, -0.2) is 42.3 Å². The topological polar surface area (TPSA) is 99.7 Å². The number of nitrogens with one attached hydrogen (secondary N) is 2. The Bertz CT molecular complexity index is 907. The minimum atomic E-state index is -0.0128. The summed E-state index contributed by atoms with van der Waals surface area (Å²) in [6.45, 7) is 0.735. The molecule has 1 atom stereocenters. The van der Waals surface area contributed by atoms with Gasteiger partial charge >= 0.3 is 0 Å². The van der Waals surface area contributed by atoms with Crippen molar-refractivity contribution in [1.29, 1.82) is 0 Å². The molecule has 4 heterocycles. The predicted molar refractivity (Wildman–Crippen MR) is 103 cm³/mol. The van der Waals surface area contributed by atoms with E-state index in [1.54, 1.807) is 43.1 Å². The Hall–Kier alpha value is -3.07. The van der Waals surface area contributed by atoms with Crippen LogP contribution in [0.5, 0.6) is 0 Å². The first-order valence-corrected chi connectivity index (χ1v) is 9.64. The van der Waals surface area contributed by atoms with Gasteiger partial charge in [0.1, 0.15) is 0 Å². The van der Waals surface area contributed by atoms with E-state index in [1.165, 1.54) is 11.3 Å². The van der Waals surface area contributed by atoms with Gasteiger partial charge in [0, 0.05) is 30.4 Å². The number of aromatic amines is 1. The van der Waals surface area contributed by atoms with Gasteiger partial charge in [-0.1, -0.05) is 0 Å². The van der Waals surface area contributed by atoms with E-state index < -0.39 is 0 Å². The lowest BCUT2D eigenvalue weighted by molar-refractivity contribution is -0.129. The molecule has 0 aromatic carbocycles. The summed E-state index contributed by atoms with van der Waals surface area (Å²) in [5.41, 5.74) is 1.71. The van der Waals surface area contributed by atoms with Gasteiger partial charge in [-0.25, -0.2) is 19.9 Å². The molecule has 0 spiro atoms. The van der Waals surface area contributed by atoms with Gasteiger partial charge in [0.2, 0.25) is 11.9 Å². The molecule has 0 aliphatic carbocycles. The smallest absolute Gasteiger partial charge is 0.247 e. The fourth-order valence-electron chi connectivity index (χ4n) is 3.07. The average Bonchev–Trinajstić information content (AvgIpc) is 3.39. The molecule has 0 saturated carbocycles. The highest BCUT2D eigenvalue weighted by molar-refractivity contribution is 7.13. The van der Waals surface area contributed by atoms with Gasteiger partial charge in [0.25, 0.3) is 0 Å². The Labute approximate surface area is 160 Å². The normalized spacial score (nSPS) is 17.3. The largest absolute Gasteiger partial charge is 0.345 e. The van der Waals surface area contributed by atoms with E-state index in [0.29, 0.717) is 5.95 Å². The molecule has 27 heavy (non-hydrogen) atoms. The first-order chi connectivity index (χ1) is 13.3. The molecular weight excluding hydrogens is 362 g/mol. The summed E-state index contributed by atoms with van der Waals surface area (Å²) in [6.07, 6.45) is 13.0. The monoisotopic (exact) mass is 381 g/mol. The number of piperidine rings is 1. The average molecular weight is 381 g/mol. The van der Waals surface area contributed by atoms with Crippen molar-refractivity contribution in [2.75, 3.05) is 11.9 Å². The number of H-pyrrole nitrogens is 1. The summed E-state index contributed by atoms with van der Waals surface area (Å²) in [4.78, 5) is 34.5. The zero-order valence-corrected chi connectivity index (χ0v) is 15.4. The van der Waals surface area contributed by atoms with Crippen molar-refractivity contribution in [3.63, 3.8) is 0 Å². The number of thiazole rings is 1. The number of imidazole rings is 1. The van der Waals surface area contributed by atoms with Crippen LogP contribution in [0.25, 0.3) is 6.08 Å². The Kier molecular flexibility index (Phi) is 5.20. The molecule has 4 rings (SSSR count).